The quantitative estimate of drug-likeness (QED) is 0.173. The van der Waals surface area contributed by atoms with Gasteiger partial charge in [-0.05, 0) is 125 Å². The topological polar surface area (TPSA) is 3.24 Å². The van der Waals surface area contributed by atoms with Crippen molar-refractivity contribution < 1.29 is 0 Å². The molecular formula is C59H37N. The van der Waals surface area contributed by atoms with Crippen molar-refractivity contribution in [3.05, 3.63) is 247 Å². The average Bonchev–Trinajstić information content (AvgIpc) is 3.78. The minimum Gasteiger partial charge on any atom is -0.310 e. The van der Waals surface area contributed by atoms with E-state index in [0.29, 0.717) is 0 Å². The van der Waals surface area contributed by atoms with Crippen molar-refractivity contribution in [2.45, 2.75) is 5.41 Å². The summed E-state index contributed by atoms with van der Waals surface area (Å²) in [5.41, 5.74) is 23.5. The zero-order valence-corrected chi connectivity index (χ0v) is 32.8. The smallest absolute Gasteiger partial charge is 0.0726 e. The molecule has 0 aliphatic heterocycles. The fourth-order valence-electron chi connectivity index (χ4n) is 11.0. The molecule has 0 radical (unpaired) electrons. The van der Waals surface area contributed by atoms with Crippen LogP contribution in [-0.2, 0) is 5.41 Å². The number of rotatable bonds is 3. The number of nitrogens with zero attached hydrogens (tertiary/aromatic N) is 1. The van der Waals surface area contributed by atoms with Crippen LogP contribution in [0, 0.1) is 0 Å². The van der Waals surface area contributed by atoms with Crippen molar-refractivity contribution in [1.29, 1.82) is 0 Å². The molecule has 0 aromatic heterocycles. The monoisotopic (exact) mass is 759 g/mol. The molecule has 0 heterocycles. The van der Waals surface area contributed by atoms with E-state index in [1.807, 2.05) is 0 Å². The van der Waals surface area contributed by atoms with Gasteiger partial charge >= 0.3 is 0 Å². The van der Waals surface area contributed by atoms with E-state index in [1.54, 1.807) is 0 Å². The van der Waals surface area contributed by atoms with E-state index in [1.165, 1.54) is 99.8 Å². The highest BCUT2D eigenvalue weighted by Crippen LogP contribution is 2.63. The zero-order chi connectivity index (χ0) is 39.4. The maximum absolute atomic E-state index is 2.51. The summed E-state index contributed by atoms with van der Waals surface area (Å²) in [4.78, 5) is 2.51. The molecule has 10 aromatic carbocycles. The van der Waals surface area contributed by atoms with Crippen LogP contribution in [-0.4, -0.2) is 0 Å². The second-order valence-electron chi connectivity index (χ2n) is 16.3. The van der Waals surface area contributed by atoms with Crippen LogP contribution in [0.4, 0.5) is 17.1 Å². The number of fused-ring (bicyclic) bond motifs is 19. The Morgan fingerprint density at radius 1 is 0.250 bits per heavy atom. The molecule has 0 saturated carbocycles. The fourth-order valence-corrected chi connectivity index (χ4v) is 11.0. The minimum atomic E-state index is -0.443. The first-order chi connectivity index (χ1) is 29.8. The Hall–Kier alpha value is -7.74. The second kappa shape index (κ2) is 12.6. The van der Waals surface area contributed by atoms with Gasteiger partial charge in [0.2, 0.25) is 0 Å². The Kier molecular flexibility index (Phi) is 7.00. The summed E-state index contributed by atoms with van der Waals surface area (Å²) in [6.07, 6.45) is 0. The molecule has 0 bridgehead atoms. The summed E-state index contributed by atoms with van der Waals surface area (Å²) < 4.78 is 0. The van der Waals surface area contributed by atoms with Crippen molar-refractivity contribution in [3.8, 4) is 66.8 Å². The summed E-state index contributed by atoms with van der Waals surface area (Å²) in [5.74, 6) is 0. The number of benzene rings is 10. The molecule has 1 nitrogen and oxygen atoms in total. The van der Waals surface area contributed by atoms with Crippen LogP contribution < -0.4 is 4.90 Å². The molecule has 3 aliphatic carbocycles. The van der Waals surface area contributed by atoms with Gasteiger partial charge in [-0.15, -0.1) is 0 Å². The van der Waals surface area contributed by atoms with Crippen LogP contribution in [0.3, 0.4) is 0 Å². The number of anilines is 3. The molecule has 0 fully saturated rings. The summed E-state index contributed by atoms with van der Waals surface area (Å²) in [5, 5.41) is 2.42. The van der Waals surface area contributed by atoms with Crippen LogP contribution in [0.5, 0.6) is 0 Å². The van der Waals surface area contributed by atoms with Crippen LogP contribution in [0.25, 0.3) is 77.5 Å². The highest BCUT2D eigenvalue weighted by Gasteiger charge is 2.51. The Morgan fingerprint density at radius 2 is 0.617 bits per heavy atom. The van der Waals surface area contributed by atoms with Gasteiger partial charge in [-0.1, -0.05) is 194 Å². The van der Waals surface area contributed by atoms with E-state index < -0.39 is 5.41 Å². The van der Waals surface area contributed by atoms with Gasteiger partial charge in [0, 0.05) is 16.8 Å². The maximum Gasteiger partial charge on any atom is 0.0726 e. The minimum absolute atomic E-state index is 0.443. The van der Waals surface area contributed by atoms with Gasteiger partial charge in [-0.3, -0.25) is 0 Å². The van der Waals surface area contributed by atoms with Gasteiger partial charge in [0.05, 0.1) is 11.1 Å². The SMILES string of the molecule is c1ccc2c(c1)-c1ccccc1-c1ccc(N(c3ccc4c(c3)C3(c5ccccc5-c5ccccc53)c3ccccc3-4)c3cccc4ccccc34)cc1-c1ccccc1-2. The molecule has 1 spiro atoms. The highest BCUT2D eigenvalue weighted by molar-refractivity contribution is 6.06. The predicted molar refractivity (Wildman–Crippen MR) is 250 cm³/mol. The molecule has 0 amide bonds. The average molecular weight is 760 g/mol. The van der Waals surface area contributed by atoms with Crippen LogP contribution in [0.2, 0.25) is 0 Å². The van der Waals surface area contributed by atoms with Crippen molar-refractivity contribution in [1.82, 2.24) is 0 Å². The van der Waals surface area contributed by atoms with Crippen molar-refractivity contribution in [2.75, 3.05) is 4.90 Å². The Labute approximate surface area is 350 Å². The third kappa shape index (κ3) is 4.47. The lowest BCUT2D eigenvalue weighted by molar-refractivity contribution is 0.793. The third-order valence-corrected chi connectivity index (χ3v) is 13.4. The maximum atomic E-state index is 2.51. The molecular weight excluding hydrogens is 723 g/mol. The third-order valence-electron chi connectivity index (χ3n) is 13.4. The van der Waals surface area contributed by atoms with Crippen molar-refractivity contribution in [3.63, 3.8) is 0 Å². The van der Waals surface area contributed by atoms with E-state index in [0.717, 1.165) is 17.1 Å². The lowest BCUT2D eigenvalue weighted by Gasteiger charge is -2.33. The van der Waals surface area contributed by atoms with Gasteiger partial charge < -0.3 is 4.90 Å². The standard InChI is InChI=1S/C59H37N/c1-2-18-41-38(16-1)17-15-31-58(41)60(39-32-34-48-46-23-6-5-21-44(46)42-19-3-4-20-43(42)45-22-7-8-24-47(45)53(48)36-39)40-33-35-52-51-27-11-14-30-56(51)59(57(52)37-40)54-28-12-9-25-49(54)50-26-10-13-29-55(50)59/h1-37H. The Balaban J connectivity index is 1.10. The van der Waals surface area contributed by atoms with Crippen LogP contribution in [0.1, 0.15) is 22.3 Å². The normalized spacial score (nSPS) is 13.1. The molecule has 3 aliphatic rings. The fraction of sp³-hybridized carbons (Fsp3) is 0.0169. The zero-order valence-electron chi connectivity index (χ0n) is 32.8. The van der Waals surface area contributed by atoms with E-state index in [-0.39, 0.29) is 0 Å². The van der Waals surface area contributed by atoms with Gasteiger partial charge in [-0.25, -0.2) is 0 Å². The van der Waals surface area contributed by atoms with Gasteiger partial charge in [0.1, 0.15) is 0 Å². The Morgan fingerprint density at radius 3 is 1.15 bits per heavy atom. The summed E-state index contributed by atoms with van der Waals surface area (Å²) in [6.45, 7) is 0. The van der Waals surface area contributed by atoms with Crippen LogP contribution in [0.15, 0.2) is 224 Å². The first-order valence-electron chi connectivity index (χ1n) is 20.9. The van der Waals surface area contributed by atoms with E-state index in [4.69, 9.17) is 0 Å². The molecule has 60 heavy (non-hydrogen) atoms. The van der Waals surface area contributed by atoms with E-state index >= 15 is 0 Å². The van der Waals surface area contributed by atoms with Gasteiger partial charge in [-0.2, -0.15) is 0 Å². The van der Waals surface area contributed by atoms with Crippen LogP contribution >= 0.6 is 0 Å². The number of hydrogen-bond donors (Lipinski definition) is 0. The first-order valence-corrected chi connectivity index (χ1v) is 20.9. The highest BCUT2D eigenvalue weighted by atomic mass is 15.1. The van der Waals surface area contributed by atoms with Gasteiger partial charge in [0.15, 0.2) is 0 Å². The lowest BCUT2D eigenvalue weighted by Crippen LogP contribution is -2.26. The largest absolute Gasteiger partial charge is 0.310 e. The van der Waals surface area contributed by atoms with E-state index in [9.17, 15) is 0 Å². The summed E-state index contributed by atoms with van der Waals surface area (Å²) >= 11 is 0. The lowest BCUT2D eigenvalue weighted by atomic mass is 9.70. The molecule has 0 saturated heterocycles. The molecule has 13 rings (SSSR count). The molecule has 0 N–H and O–H groups in total. The Bertz CT molecular complexity index is 3330. The number of hydrogen-bond acceptors (Lipinski definition) is 1. The van der Waals surface area contributed by atoms with Crippen molar-refractivity contribution in [2.24, 2.45) is 0 Å². The first kappa shape index (κ1) is 33.3. The van der Waals surface area contributed by atoms with Crippen molar-refractivity contribution >= 4 is 27.8 Å². The molecule has 10 aromatic rings. The molecule has 0 atom stereocenters. The molecule has 1 heteroatoms. The van der Waals surface area contributed by atoms with Gasteiger partial charge in [0.25, 0.3) is 0 Å². The molecule has 0 unspecified atom stereocenters. The summed E-state index contributed by atoms with van der Waals surface area (Å²) in [7, 11) is 0. The molecule has 278 valence electrons. The summed E-state index contributed by atoms with van der Waals surface area (Å²) in [6, 6.07) is 83.8. The predicted octanol–water partition coefficient (Wildman–Crippen LogP) is 15.6. The second-order valence-corrected chi connectivity index (χ2v) is 16.3. The van der Waals surface area contributed by atoms with E-state index in [2.05, 4.69) is 229 Å².